The Bertz CT molecular complexity index is 456. The van der Waals surface area contributed by atoms with Crippen molar-refractivity contribution < 1.29 is 0 Å². The van der Waals surface area contributed by atoms with E-state index in [0.29, 0.717) is 6.04 Å². The summed E-state index contributed by atoms with van der Waals surface area (Å²) in [5.74, 6) is 4.78. The molecule has 0 heterocycles. The number of hydrogen-bond acceptors (Lipinski definition) is 1. The van der Waals surface area contributed by atoms with Gasteiger partial charge < -0.3 is 5.73 Å². The largest absolute Gasteiger partial charge is 0.327 e. The fourth-order valence-electron chi connectivity index (χ4n) is 5.02. The summed E-state index contributed by atoms with van der Waals surface area (Å²) in [5, 5.41) is 0.877. The molecule has 1 aromatic rings. The van der Waals surface area contributed by atoms with Crippen LogP contribution in [0, 0.1) is 29.6 Å². The summed E-state index contributed by atoms with van der Waals surface area (Å²) in [6.07, 6.45) is 5.41. The molecule has 18 heavy (non-hydrogen) atoms. The first-order chi connectivity index (χ1) is 8.75. The van der Waals surface area contributed by atoms with E-state index in [-0.39, 0.29) is 0 Å². The van der Waals surface area contributed by atoms with Crippen LogP contribution in [0.2, 0.25) is 5.02 Å². The molecule has 96 valence electrons. The first-order valence-electron chi connectivity index (χ1n) is 7.24. The Balaban J connectivity index is 1.47. The van der Waals surface area contributed by atoms with Crippen molar-refractivity contribution in [1.82, 2.24) is 0 Å². The zero-order valence-corrected chi connectivity index (χ0v) is 11.3. The minimum absolute atomic E-state index is 0.322. The maximum Gasteiger partial charge on any atom is 0.0438 e. The lowest BCUT2D eigenvalue weighted by Crippen LogP contribution is -2.28. The van der Waals surface area contributed by atoms with Gasteiger partial charge in [0, 0.05) is 11.1 Å². The van der Waals surface area contributed by atoms with E-state index in [1.54, 1.807) is 0 Å². The predicted octanol–water partition coefficient (Wildman–Crippen LogP) is 3.50. The second-order valence-corrected chi connectivity index (χ2v) is 6.93. The molecule has 1 aromatic carbocycles. The van der Waals surface area contributed by atoms with E-state index in [1.165, 1.54) is 24.8 Å². The molecule has 0 spiro atoms. The van der Waals surface area contributed by atoms with Crippen LogP contribution in [0.4, 0.5) is 0 Å². The van der Waals surface area contributed by atoms with Gasteiger partial charge >= 0.3 is 0 Å². The summed E-state index contributed by atoms with van der Waals surface area (Å²) in [7, 11) is 0. The van der Waals surface area contributed by atoms with Gasteiger partial charge in [-0.15, -0.1) is 0 Å². The van der Waals surface area contributed by atoms with Crippen molar-refractivity contribution in [3.63, 3.8) is 0 Å². The predicted molar refractivity (Wildman–Crippen MR) is 74.4 cm³/mol. The third-order valence-corrected chi connectivity index (χ3v) is 6.07. The lowest BCUT2D eigenvalue weighted by molar-refractivity contribution is 0.409. The highest BCUT2D eigenvalue weighted by atomic mass is 35.5. The summed E-state index contributed by atoms with van der Waals surface area (Å²) in [5.41, 5.74) is 7.69. The van der Waals surface area contributed by atoms with Gasteiger partial charge in [0.15, 0.2) is 0 Å². The molecule has 3 fully saturated rings. The van der Waals surface area contributed by atoms with E-state index in [2.05, 4.69) is 12.1 Å². The monoisotopic (exact) mass is 261 g/mol. The van der Waals surface area contributed by atoms with E-state index in [0.717, 1.165) is 41.0 Å². The van der Waals surface area contributed by atoms with Gasteiger partial charge in [-0.25, -0.2) is 0 Å². The normalized spacial score (nSPS) is 41.8. The van der Waals surface area contributed by atoms with Crippen LogP contribution >= 0.6 is 11.6 Å². The summed E-state index contributed by atoms with van der Waals surface area (Å²) >= 11 is 6.23. The van der Waals surface area contributed by atoms with Crippen LogP contribution in [-0.2, 0) is 6.42 Å². The lowest BCUT2D eigenvalue weighted by Gasteiger charge is -2.16. The molecule has 3 aliphatic rings. The van der Waals surface area contributed by atoms with E-state index >= 15 is 0 Å². The highest BCUT2D eigenvalue weighted by Crippen LogP contribution is 2.70. The van der Waals surface area contributed by atoms with Crippen LogP contribution in [0.3, 0.4) is 0 Å². The topological polar surface area (TPSA) is 26.0 Å². The highest BCUT2D eigenvalue weighted by Gasteiger charge is 2.65. The van der Waals surface area contributed by atoms with Crippen LogP contribution < -0.4 is 5.73 Å². The quantitative estimate of drug-likeness (QED) is 0.886. The fourth-order valence-corrected chi connectivity index (χ4v) is 5.23. The maximum atomic E-state index is 6.46. The molecule has 4 rings (SSSR count). The molecule has 0 amide bonds. The highest BCUT2D eigenvalue weighted by molar-refractivity contribution is 6.31. The van der Waals surface area contributed by atoms with Gasteiger partial charge in [0.1, 0.15) is 0 Å². The smallest absolute Gasteiger partial charge is 0.0438 e. The van der Waals surface area contributed by atoms with E-state index < -0.39 is 0 Å². The minimum Gasteiger partial charge on any atom is -0.327 e. The SMILES string of the molecule is NC(Cc1ccccc1Cl)C1C2C3CCC(C3)C12. The fraction of sp³-hybridized carbons (Fsp3) is 0.625. The molecule has 2 bridgehead atoms. The molecule has 5 atom stereocenters. The Morgan fingerprint density at radius 2 is 1.83 bits per heavy atom. The number of halogens is 1. The van der Waals surface area contributed by atoms with Crippen molar-refractivity contribution in [3.8, 4) is 0 Å². The van der Waals surface area contributed by atoms with E-state index in [4.69, 9.17) is 17.3 Å². The lowest BCUT2D eigenvalue weighted by atomic mass is 9.94. The molecule has 0 saturated heterocycles. The van der Waals surface area contributed by atoms with Gasteiger partial charge in [-0.05, 0) is 66.9 Å². The van der Waals surface area contributed by atoms with Crippen molar-refractivity contribution in [2.24, 2.45) is 35.3 Å². The molecule has 3 aliphatic carbocycles. The zero-order valence-electron chi connectivity index (χ0n) is 10.6. The van der Waals surface area contributed by atoms with Crippen molar-refractivity contribution in [1.29, 1.82) is 0 Å². The average Bonchev–Trinajstić information content (AvgIpc) is 2.82. The summed E-state index contributed by atoms with van der Waals surface area (Å²) < 4.78 is 0. The molecule has 5 unspecified atom stereocenters. The Hall–Kier alpha value is -0.530. The number of benzene rings is 1. The number of fused-ring (bicyclic) bond motifs is 5. The third-order valence-electron chi connectivity index (χ3n) is 5.70. The molecular weight excluding hydrogens is 242 g/mol. The second-order valence-electron chi connectivity index (χ2n) is 6.52. The molecular formula is C16H20ClN. The van der Waals surface area contributed by atoms with Crippen LogP contribution in [-0.4, -0.2) is 6.04 Å². The molecule has 0 aromatic heterocycles. The number of hydrogen-bond donors (Lipinski definition) is 1. The van der Waals surface area contributed by atoms with Gasteiger partial charge in [0.25, 0.3) is 0 Å². The van der Waals surface area contributed by atoms with Crippen LogP contribution in [0.5, 0.6) is 0 Å². The van der Waals surface area contributed by atoms with Crippen LogP contribution in [0.1, 0.15) is 24.8 Å². The molecule has 1 nitrogen and oxygen atoms in total. The molecule has 2 heteroatoms. The molecule has 0 aliphatic heterocycles. The summed E-state index contributed by atoms with van der Waals surface area (Å²) in [4.78, 5) is 0. The van der Waals surface area contributed by atoms with Crippen molar-refractivity contribution in [2.75, 3.05) is 0 Å². The molecule has 3 saturated carbocycles. The van der Waals surface area contributed by atoms with Gasteiger partial charge in [-0.1, -0.05) is 29.8 Å². The van der Waals surface area contributed by atoms with Gasteiger partial charge in [-0.2, -0.15) is 0 Å². The zero-order chi connectivity index (χ0) is 12.3. The Morgan fingerprint density at radius 3 is 2.50 bits per heavy atom. The Kier molecular flexibility index (Phi) is 2.50. The van der Waals surface area contributed by atoms with Gasteiger partial charge in [-0.3, -0.25) is 0 Å². The third kappa shape index (κ3) is 1.57. The number of nitrogens with two attached hydrogens (primary N) is 1. The Morgan fingerprint density at radius 1 is 1.17 bits per heavy atom. The summed E-state index contributed by atoms with van der Waals surface area (Å²) in [6.45, 7) is 0. The first kappa shape index (κ1) is 11.3. The van der Waals surface area contributed by atoms with Gasteiger partial charge in [0.2, 0.25) is 0 Å². The van der Waals surface area contributed by atoms with Crippen molar-refractivity contribution in [2.45, 2.75) is 31.7 Å². The maximum absolute atomic E-state index is 6.46. The summed E-state index contributed by atoms with van der Waals surface area (Å²) in [6, 6.07) is 8.47. The Labute approximate surface area is 114 Å². The van der Waals surface area contributed by atoms with E-state index in [9.17, 15) is 0 Å². The second kappa shape index (κ2) is 3.98. The standard InChI is InChI=1S/C16H20ClN/c17-12-4-2-1-3-9(12)8-13(18)16-14-10-5-6-11(7-10)15(14)16/h1-4,10-11,13-16H,5-8,18H2. The van der Waals surface area contributed by atoms with E-state index in [1.807, 2.05) is 12.1 Å². The molecule has 0 radical (unpaired) electrons. The molecule has 2 N–H and O–H groups in total. The van der Waals surface area contributed by atoms with Crippen molar-refractivity contribution in [3.05, 3.63) is 34.9 Å². The average molecular weight is 262 g/mol. The van der Waals surface area contributed by atoms with Crippen LogP contribution in [0.15, 0.2) is 24.3 Å². The van der Waals surface area contributed by atoms with Gasteiger partial charge in [0.05, 0.1) is 0 Å². The first-order valence-corrected chi connectivity index (χ1v) is 7.62. The van der Waals surface area contributed by atoms with Crippen LogP contribution in [0.25, 0.3) is 0 Å². The van der Waals surface area contributed by atoms with Crippen molar-refractivity contribution >= 4 is 11.6 Å². The minimum atomic E-state index is 0.322. The number of rotatable bonds is 3.